The molecule has 0 saturated carbocycles. The smallest absolute Gasteiger partial charge is 0.224 e. The first-order chi connectivity index (χ1) is 11.9. The molecule has 1 fully saturated rings. The van der Waals surface area contributed by atoms with Crippen LogP contribution < -0.4 is 10.2 Å². The Labute approximate surface area is 150 Å². The Morgan fingerprint density at radius 3 is 2.64 bits per heavy atom. The summed E-state index contributed by atoms with van der Waals surface area (Å²) in [4.78, 5) is 14.4. The summed E-state index contributed by atoms with van der Waals surface area (Å²) < 4.78 is 0. The maximum atomic E-state index is 12.3. The van der Waals surface area contributed by atoms with E-state index in [1.807, 2.05) is 12.1 Å². The topological polar surface area (TPSA) is 76.4 Å². The van der Waals surface area contributed by atoms with Gasteiger partial charge in [0, 0.05) is 25.2 Å². The second kappa shape index (κ2) is 8.87. The molecule has 1 unspecified atom stereocenters. The van der Waals surface area contributed by atoms with Gasteiger partial charge in [0.15, 0.2) is 0 Å². The minimum atomic E-state index is -0.243. The van der Waals surface area contributed by atoms with Gasteiger partial charge in [0.25, 0.3) is 0 Å². The summed E-state index contributed by atoms with van der Waals surface area (Å²) >= 11 is 0. The van der Waals surface area contributed by atoms with Crippen molar-refractivity contribution < 1.29 is 9.90 Å². The number of aliphatic hydroxyl groups excluding tert-OH is 1. The molecule has 136 valence electrons. The second-order valence-electron chi connectivity index (χ2n) is 7.23. The van der Waals surface area contributed by atoms with Gasteiger partial charge in [-0.2, -0.15) is 5.26 Å². The summed E-state index contributed by atoms with van der Waals surface area (Å²) in [6.45, 7) is 7.87. The normalized spacial score (nSPS) is 16.6. The van der Waals surface area contributed by atoms with Crippen LogP contribution in [0.2, 0.25) is 0 Å². The summed E-state index contributed by atoms with van der Waals surface area (Å²) in [6, 6.07) is 7.73. The van der Waals surface area contributed by atoms with Gasteiger partial charge in [0.2, 0.25) is 5.91 Å². The lowest BCUT2D eigenvalue weighted by Crippen LogP contribution is -2.36. The number of anilines is 2. The molecule has 25 heavy (non-hydrogen) atoms. The SMILES string of the molecule is CCC(CC(=O)Nc1ccc(N2CCC(O)CC2)c(C#N)c1)C(C)C. The lowest BCUT2D eigenvalue weighted by Gasteiger charge is -2.32. The highest BCUT2D eigenvalue weighted by molar-refractivity contribution is 5.91. The van der Waals surface area contributed by atoms with Crippen LogP contribution in [0.1, 0.15) is 52.0 Å². The Bertz CT molecular complexity index is 628. The highest BCUT2D eigenvalue weighted by Gasteiger charge is 2.20. The largest absolute Gasteiger partial charge is 0.393 e. The molecule has 5 heteroatoms. The van der Waals surface area contributed by atoms with Crippen molar-refractivity contribution in [3.63, 3.8) is 0 Å². The van der Waals surface area contributed by atoms with Crippen LogP contribution in [-0.2, 0) is 4.79 Å². The molecule has 0 aliphatic carbocycles. The van der Waals surface area contributed by atoms with Crippen LogP contribution in [0, 0.1) is 23.2 Å². The number of carbonyl (C=O) groups is 1. The number of hydrogen-bond donors (Lipinski definition) is 2. The Hall–Kier alpha value is -2.06. The number of nitriles is 1. The van der Waals surface area contributed by atoms with E-state index in [1.165, 1.54) is 0 Å². The summed E-state index contributed by atoms with van der Waals surface area (Å²) in [5, 5.41) is 22.0. The van der Waals surface area contributed by atoms with Crippen molar-refractivity contribution in [3.05, 3.63) is 23.8 Å². The Morgan fingerprint density at radius 1 is 1.40 bits per heavy atom. The molecule has 0 spiro atoms. The van der Waals surface area contributed by atoms with Crippen LogP contribution in [0.4, 0.5) is 11.4 Å². The van der Waals surface area contributed by atoms with Gasteiger partial charge in [0.1, 0.15) is 6.07 Å². The molecule has 1 aliphatic heterocycles. The summed E-state index contributed by atoms with van der Waals surface area (Å²) in [6.07, 6.45) is 2.68. The van der Waals surface area contributed by atoms with Gasteiger partial charge in [-0.25, -0.2) is 0 Å². The van der Waals surface area contributed by atoms with Crippen LogP contribution in [0.15, 0.2) is 18.2 Å². The van der Waals surface area contributed by atoms with Crippen LogP contribution in [0.5, 0.6) is 0 Å². The Balaban J connectivity index is 2.06. The summed E-state index contributed by atoms with van der Waals surface area (Å²) in [5.41, 5.74) is 2.10. The third kappa shape index (κ3) is 5.20. The fraction of sp³-hybridized carbons (Fsp3) is 0.600. The molecule has 2 N–H and O–H groups in total. The molecular formula is C20H29N3O2. The molecule has 1 amide bonds. The van der Waals surface area contributed by atoms with Gasteiger partial charge in [-0.05, 0) is 42.9 Å². The van der Waals surface area contributed by atoms with Gasteiger partial charge >= 0.3 is 0 Å². The van der Waals surface area contributed by atoms with Crippen molar-refractivity contribution in [2.75, 3.05) is 23.3 Å². The van der Waals surface area contributed by atoms with Gasteiger partial charge in [-0.1, -0.05) is 27.2 Å². The van der Waals surface area contributed by atoms with Gasteiger partial charge < -0.3 is 15.3 Å². The Kier molecular flexibility index (Phi) is 6.83. The zero-order valence-electron chi connectivity index (χ0n) is 15.5. The van der Waals surface area contributed by atoms with Crippen molar-refractivity contribution in [1.29, 1.82) is 5.26 Å². The third-order valence-corrected chi connectivity index (χ3v) is 5.12. The molecule has 1 saturated heterocycles. The van der Waals surface area contributed by atoms with E-state index in [9.17, 15) is 15.2 Å². The number of hydrogen-bond acceptors (Lipinski definition) is 4. The predicted octanol–water partition coefficient (Wildman–Crippen LogP) is 3.53. The molecule has 1 aromatic carbocycles. The molecule has 5 nitrogen and oxygen atoms in total. The van der Waals surface area contributed by atoms with Crippen molar-refractivity contribution in [2.24, 2.45) is 11.8 Å². The zero-order chi connectivity index (χ0) is 18.4. The maximum Gasteiger partial charge on any atom is 0.224 e. The minimum absolute atomic E-state index is 0.00159. The molecule has 0 radical (unpaired) electrons. The van der Waals surface area contributed by atoms with Crippen LogP contribution in [0.3, 0.4) is 0 Å². The predicted molar refractivity (Wildman–Crippen MR) is 100 cm³/mol. The number of benzene rings is 1. The second-order valence-corrected chi connectivity index (χ2v) is 7.23. The monoisotopic (exact) mass is 343 g/mol. The van der Waals surface area contributed by atoms with Crippen molar-refractivity contribution >= 4 is 17.3 Å². The lowest BCUT2D eigenvalue weighted by molar-refractivity contribution is -0.117. The summed E-state index contributed by atoms with van der Waals surface area (Å²) in [7, 11) is 0. The van der Waals surface area contributed by atoms with Crippen LogP contribution in [0.25, 0.3) is 0 Å². The molecule has 0 bridgehead atoms. The number of carbonyl (C=O) groups excluding carboxylic acids is 1. The van der Waals surface area contributed by atoms with E-state index in [0.717, 1.165) is 38.0 Å². The first-order valence-corrected chi connectivity index (χ1v) is 9.21. The first-order valence-electron chi connectivity index (χ1n) is 9.21. The first kappa shape index (κ1) is 19.3. The van der Waals surface area contributed by atoms with Gasteiger partial charge in [-0.15, -0.1) is 0 Å². The molecular weight excluding hydrogens is 314 g/mol. The molecule has 0 aromatic heterocycles. The van der Waals surface area contributed by atoms with E-state index in [0.29, 0.717) is 29.5 Å². The number of amides is 1. The minimum Gasteiger partial charge on any atom is -0.393 e. The van der Waals surface area contributed by atoms with E-state index in [1.54, 1.807) is 6.07 Å². The van der Waals surface area contributed by atoms with E-state index in [-0.39, 0.29) is 12.0 Å². The molecule has 1 aliphatic rings. The van der Waals surface area contributed by atoms with Crippen LogP contribution in [-0.4, -0.2) is 30.2 Å². The molecule has 1 atom stereocenters. The average molecular weight is 343 g/mol. The van der Waals surface area contributed by atoms with Crippen molar-refractivity contribution in [2.45, 2.75) is 52.6 Å². The number of nitrogens with zero attached hydrogens (tertiary/aromatic N) is 2. The van der Waals surface area contributed by atoms with Crippen molar-refractivity contribution in [3.8, 4) is 6.07 Å². The van der Waals surface area contributed by atoms with E-state index in [2.05, 4.69) is 37.1 Å². The number of nitrogens with one attached hydrogen (secondary N) is 1. The van der Waals surface area contributed by atoms with E-state index in [4.69, 9.17) is 0 Å². The highest BCUT2D eigenvalue weighted by atomic mass is 16.3. The fourth-order valence-electron chi connectivity index (χ4n) is 3.39. The van der Waals surface area contributed by atoms with Gasteiger partial charge in [-0.3, -0.25) is 4.79 Å². The highest BCUT2D eigenvalue weighted by Crippen LogP contribution is 2.27. The quantitative estimate of drug-likeness (QED) is 0.828. The molecule has 1 heterocycles. The van der Waals surface area contributed by atoms with Crippen LogP contribution >= 0.6 is 0 Å². The lowest BCUT2D eigenvalue weighted by atomic mass is 9.90. The third-order valence-electron chi connectivity index (χ3n) is 5.12. The maximum absolute atomic E-state index is 12.3. The van der Waals surface area contributed by atoms with Gasteiger partial charge in [0.05, 0.1) is 17.4 Å². The van der Waals surface area contributed by atoms with Crippen molar-refractivity contribution in [1.82, 2.24) is 0 Å². The fourth-order valence-corrected chi connectivity index (χ4v) is 3.39. The number of piperidine rings is 1. The van der Waals surface area contributed by atoms with E-state index >= 15 is 0 Å². The average Bonchev–Trinajstić information content (AvgIpc) is 2.60. The standard InChI is InChI=1S/C20H29N3O2/c1-4-15(14(2)3)12-20(25)22-17-5-6-19(16(11-17)13-21)23-9-7-18(24)8-10-23/h5-6,11,14-15,18,24H,4,7-10,12H2,1-3H3,(H,22,25). The molecule has 1 aromatic rings. The molecule has 2 rings (SSSR count). The number of rotatable bonds is 6. The summed E-state index contributed by atoms with van der Waals surface area (Å²) in [5.74, 6) is 0.843. The van der Waals surface area contributed by atoms with E-state index < -0.39 is 0 Å². The Morgan fingerprint density at radius 2 is 2.08 bits per heavy atom. The zero-order valence-corrected chi connectivity index (χ0v) is 15.5. The number of aliphatic hydroxyl groups is 1.